The SMILES string of the molecule is CC(C)(O)C(C)(C)OB(O)c1cccc(F)c1CNC1CCCCC1.Cl. The minimum absolute atomic E-state index is 0. The van der Waals surface area contributed by atoms with E-state index in [-0.39, 0.29) is 18.2 Å². The molecule has 3 N–H and O–H groups in total. The Hall–Kier alpha value is -0.655. The molecule has 1 saturated carbocycles. The number of nitrogens with one attached hydrogen (secondary N) is 1. The van der Waals surface area contributed by atoms with Crippen LogP contribution in [0.5, 0.6) is 0 Å². The van der Waals surface area contributed by atoms with E-state index in [2.05, 4.69) is 5.32 Å². The van der Waals surface area contributed by atoms with Crippen LogP contribution in [-0.4, -0.2) is 34.5 Å². The molecule has 0 aliphatic heterocycles. The number of halogens is 2. The van der Waals surface area contributed by atoms with E-state index >= 15 is 0 Å². The highest BCUT2D eigenvalue weighted by Crippen LogP contribution is 2.25. The van der Waals surface area contributed by atoms with Gasteiger partial charge in [-0.15, -0.1) is 12.4 Å². The third-order valence-corrected chi connectivity index (χ3v) is 5.47. The maximum Gasteiger partial charge on any atom is 0.492 e. The smallest absolute Gasteiger partial charge is 0.423 e. The van der Waals surface area contributed by atoms with Crippen molar-refractivity contribution in [1.29, 1.82) is 0 Å². The van der Waals surface area contributed by atoms with Gasteiger partial charge >= 0.3 is 7.12 Å². The molecule has 0 radical (unpaired) electrons. The van der Waals surface area contributed by atoms with Gasteiger partial charge in [0, 0.05) is 18.2 Å². The summed E-state index contributed by atoms with van der Waals surface area (Å²) in [5.74, 6) is -0.357. The lowest BCUT2D eigenvalue weighted by Crippen LogP contribution is -2.53. The Bertz CT molecular complexity index is 574. The van der Waals surface area contributed by atoms with Gasteiger partial charge in [-0.2, -0.15) is 0 Å². The van der Waals surface area contributed by atoms with Crippen LogP contribution in [0.3, 0.4) is 0 Å². The average molecular weight is 388 g/mol. The van der Waals surface area contributed by atoms with Crippen molar-refractivity contribution in [1.82, 2.24) is 5.32 Å². The Balaban J connectivity index is 0.00000338. The van der Waals surface area contributed by atoms with Crippen LogP contribution in [-0.2, 0) is 11.2 Å². The van der Waals surface area contributed by atoms with Gasteiger partial charge in [0.25, 0.3) is 0 Å². The van der Waals surface area contributed by atoms with Crippen LogP contribution >= 0.6 is 12.4 Å². The molecule has 1 fully saturated rings. The normalized spacial score (nSPS) is 16.3. The van der Waals surface area contributed by atoms with E-state index in [0.29, 0.717) is 23.6 Å². The Kier molecular flexibility index (Phi) is 8.56. The predicted octanol–water partition coefficient (Wildman–Crippen LogP) is 2.92. The van der Waals surface area contributed by atoms with Gasteiger partial charge < -0.3 is 20.1 Å². The molecule has 1 aromatic carbocycles. The van der Waals surface area contributed by atoms with Crippen molar-refractivity contribution in [3.63, 3.8) is 0 Å². The van der Waals surface area contributed by atoms with Crippen molar-refractivity contribution < 1.29 is 19.2 Å². The second kappa shape index (κ2) is 9.51. The van der Waals surface area contributed by atoms with Crippen LogP contribution in [0, 0.1) is 5.82 Å². The molecule has 0 amide bonds. The van der Waals surface area contributed by atoms with Crippen LogP contribution in [0.1, 0.15) is 65.4 Å². The molecule has 7 heteroatoms. The quantitative estimate of drug-likeness (QED) is 0.630. The van der Waals surface area contributed by atoms with E-state index in [1.165, 1.54) is 25.3 Å². The topological polar surface area (TPSA) is 61.7 Å². The van der Waals surface area contributed by atoms with Gasteiger partial charge in [0.15, 0.2) is 0 Å². The zero-order chi connectivity index (χ0) is 18.7. The summed E-state index contributed by atoms with van der Waals surface area (Å²) in [4.78, 5) is 0. The molecule has 0 saturated heterocycles. The van der Waals surface area contributed by atoms with E-state index in [9.17, 15) is 14.5 Å². The van der Waals surface area contributed by atoms with E-state index in [1.54, 1.807) is 39.8 Å². The lowest BCUT2D eigenvalue weighted by Gasteiger charge is -2.38. The van der Waals surface area contributed by atoms with Crippen molar-refractivity contribution in [3.8, 4) is 0 Å². The van der Waals surface area contributed by atoms with E-state index in [4.69, 9.17) is 4.65 Å². The summed E-state index contributed by atoms with van der Waals surface area (Å²) < 4.78 is 20.1. The summed E-state index contributed by atoms with van der Waals surface area (Å²) in [5.41, 5.74) is -1.32. The fraction of sp³-hybridized carbons (Fsp3) is 0.684. The van der Waals surface area contributed by atoms with Crippen molar-refractivity contribution >= 4 is 25.0 Å². The molecule has 0 aromatic heterocycles. The summed E-state index contributed by atoms with van der Waals surface area (Å²) in [6.07, 6.45) is 5.88. The van der Waals surface area contributed by atoms with Gasteiger partial charge in [-0.3, -0.25) is 0 Å². The summed E-state index contributed by atoms with van der Waals surface area (Å²) in [6.45, 7) is 7.01. The number of hydrogen-bond donors (Lipinski definition) is 3. The zero-order valence-electron chi connectivity index (χ0n) is 16.2. The molecule has 0 bridgehead atoms. The first-order chi connectivity index (χ1) is 11.6. The standard InChI is InChI=1S/C19H31BFNO3.ClH/c1-18(2,23)19(3,4)25-20(24)16-11-8-12-17(21)15(16)13-22-14-9-6-5-7-10-14;/h8,11-12,14,22-24H,5-7,9-10,13H2,1-4H3;1H. The highest BCUT2D eigenvalue weighted by atomic mass is 35.5. The molecule has 1 aliphatic rings. The van der Waals surface area contributed by atoms with Gasteiger partial charge in [0.2, 0.25) is 0 Å². The zero-order valence-corrected chi connectivity index (χ0v) is 17.0. The summed E-state index contributed by atoms with van der Waals surface area (Å²) in [7, 11) is -1.31. The molecule has 26 heavy (non-hydrogen) atoms. The number of benzene rings is 1. The first-order valence-corrected chi connectivity index (χ1v) is 9.21. The summed E-state index contributed by atoms with van der Waals surface area (Å²) >= 11 is 0. The molecule has 1 aliphatic carbocycles. The summed E-state index contributed by atoms with van der Waals surface area (Å²) in [6, 6.07) is 5.03. The van der Waals surface area contributed by atoms with Crippen LogP contribution in [0.15, 0.2) is 18.2 Å². The number of hydrogen-bond acceptors (Lipinski definition) is 4. The molecular weight excluding hydrogens is 355 g/mol. The summed E-state index contributed by atoms with van der Waals surface area (Å²) in [5, 5.41) is 24.2. The molecular formula is C19H32BClFNO3. The second-order valence-corrected chi connectivity index (χ2v) is 8.06. The molecule has 1 aromatic rings. The minimum Gasteiger partial charge on any atom is -0.423 e. The lowest BCUT2D eigenvalue weighted by atomic mass is 9.74. The van der Waals surface area contributed by atoms with Crippen LogP contribution in [0.4, 0.5) is 4.39 Å². The van der Waals surface area contributed by atoms with Crippen molar-refractivity contribution in [3.05, 3.63) is 29.6 Å². The fourth-order valence-corrected chi connectivity index (χ4v) is 3.03. The van der Waals surface area contributed by atoms with Crippen molar-refractivity contribution in [2.75, 3.05) is 0 Å². The third kappa shape index (κ3) is 5.93. The highest BCUT2D eigenvalue weighted by Gasteiger charge is 2.40. The minimum atomic E-state index is -1.31. The number of aliphatic hydroxyl groups is 1. The largest absolute Gasteiger partial charge is 0.492 e. The van der Waals surface area contributed by atoms with Crippen molar-refractivity contribution in [2.45, 2.75) is 83.6 Å². The average Bonchev–Trinajstić information content (AvgIpc) is 2.53. The maximum absolute atomic E-state index is 14.4. The van der Waals surface area contributed by atoms with E-state index in [1.807, 2.05) is 0 Å². The predicted molar refractivity (Wildman–Crippen MR) is 106 cm³/mol. The van der Waals surface area contributed by atoms with Gasteiger partial charge in [-0.25, -0.2) is 4.39 Å². The molecule has 0 spiro atoms. The van der Waals surface area contributed by atoms with Gasteiger partial charge in [0.05, 0.1) is 11.2 Å². The third-order valence-electron chi connectivity index (χ3n) is 5.47. The Morgan fingerprint density at radius 2 is 1.81 bits per heavy atom. The van der Waals surface area contributed by atoms with Crippen LogP contribution < -0.4 is 10.8 Å². The Labute approximate surface area is 163 Å². The highest BCUT2D eigenvalue weighted by molar-refractivity contribution is 6.60. The number of rotatable bonds is 7. The Morgan fingerprint density at radius 3 is 2.38 bits per heavy atom. The van der Waals surface area contributed by atoms with Crippen LogP contribution in [0.25, 0.3) is 0 Å². The molecule has 2 rings (SSSR count). The van der Waals surface area contributed by atoms with E-state index < -0.39 is 18.3 Å². The lowest BCUT2D eigenvalue weighted by molar-refractivity contribution is -0.0982. The van der Waals surface area contributed by atoms with Crippen molar-refractivity contribution in [2.24, 2.45) is 0 Å². The molecule has 0 atom stereocenters. The van der Waals surface area contributed by atoms with E-state index in [0.717, 1.165) is 12.8 Å². The second-order valence-electron chi connectivity index (χ2n) is 8.06. The molecule has 148 valence electrons. The Morgan fingerprint density at radius 1 is 1.19 bits per heavy atom. The van der Waals surface area contributed by atoms with Crippen LogP contribution in [0.2, 0.25) is 0 Å². The maximum atomic E-state index is 14.4. The first-order valence-electron chi connectivity index (χ1n) is 9.21. The fourth-order valence-electron chi connectivity index (χ4n) is 3.03. The van der Waals surface area contributed by atoms with Gasteiger partial charge in [-0.05, 0) is 52.1 Å². The van der Waals surface area contributed by atoms with Gasteiger partial charge in [0.1, 0.15) is 5.82 Å². The monoisotopic (exact) mass is 387 g/mol. The first kappa shape index (κ1) is 23.4. The van der Waals surface area contributed by atoms with Gasteiger partial charge in [-0.1, -0.05) is 31.4 Å². The molecule has 0 unspecified atom stereocenters. The molecule has 4 nitrogen and oxygen atoms in total. The molecule has 0 heterocycles.